The maximum Gasteiger partial charge on any atom is 0.337 e. The van der Waals surface area contributed by atoms with Gasteiger partial charge in [-0.1, -0.05) is 11.6 Å². The Bertz CT molecular complexity index is 525. The Balaban J connectivity index is 2.44. The number of benzene rings is 1. The Kier molecular flexibility index (Phi) is 3.34. The molecule has 18 heavy (non-hydrogen) atoms. The summed E-state index contributed by atoms with van der Waals surface area (Å²) in [6.45, 7) is 0. The van der Waals surface area contributed by atoms with Gasteiger partial charge in [0.05, 0.1) is 16.3 Å². The van der Waals surface area contributed by atoms with Crippen LogP contribution in [0.5, 0.6) is 0 Å². The molecule has 2 amide bonds. The van der Waals surface area contributed by atoms with Crippen LogP contribution in [0.1, 0.15) is 29.6 Å². The number of carboxylic acids is 1. The summed E-state index contributed by atoms with van der Waals surface area (Å²) in [5.41, 5.74) is 0.131. The number of hydrogen-bond acceptors (Lipinski definition) is 3. The summed E-state index contributed by atoms with van der Waals surface area (Å²) in [6.07, 6.45) is 1.11. The number of imide groups is 1. The summed E-state index contributed by atoms with van der Waals surface area (Å²) in [6, 6.07) is 4.08. The van der Waals surface area contributed by atoms with Gasteiger partial charge in [0.25, 0.3) is 0 Å². The van der Waals surface area contributed by atoms with Gasteiger partial charge in [-0.3, -0.25) is 14.5 Å². The summed E-state index contributed by atoms with van der Waals surface area (Å²) in [4.78, 5) is 35.4. The van der Waals surface area contributed by atoms with Crippen LogP contribution in [-0.2, 0) is 9.59 Å². The molecule has 0 aliphatic carbocycles. The smallest absolute Gasteiger partial charge is 0.337 e. The van der Waals surface area contributed by atoms with Gasteiger partial charge in [0.15, 0.2) is 0 Å². The number of piperidine rings is 1. The monoisotopic (exact) mass is 267 g/mol. The number of hydrogen-bond donors (Lipinski definition) is 1. The number of halogens is 1. The van der Waals surface area contributed by atoms with Gasteiger partial charge >= 0.3 is 5.97 Å². The lowest BCUT2D eigenvalue weighted by Crippen LogP contribution is -2.40. The fraction of sp³-hybridized carbons (Fsp3) is 0.250. The van der Waals surface area contributed by atoms with Crippen LogP contribution in [0.2, 0.25) is 5.02 Å². The van der Waals surface area contributed by atoms with Crippen LogP contribution < -0.4 is 4.90 Å². The van der Waals surface area contributed by atoms with Crippen LogP contribution >= 0.6 is 11.6 Å². The Hall–Kier alpha value is -1.88. The van der Waals surface area contributed by atoms with Crippen molar-refractivity contribution in [1.29, 1.82) is 0 Å². The summed E-state index contributed by atoms with van der Waals surface area (Å²) >= 11 is 5.73. The Labute approximate surface area is 108 Å². The summed E-state index contributed by atoms with van der Waals surface area (Å²) < 4.78 is 0. The molecule has 94 valence electrons. The molecule has 0 spiro atoms. The van der Waals surface area contributed by atoms with Gasteiger partial charge < -0.3 is 5.11 Å². The zero-order valence-electron chi connectivity index (χ0n) is 9.35. The standard InChI is InChI=1S/C12H10ClNO4/c13-9-5-4-7(6-8(9)12(17)18)14-10(15)2-1-3-11(14)16/h4-6H,1-3H2,(H,17,18). The maximum atomic E-state index is 11.7. The molecule has 0 aromatic heterocycles. The molecule has 2 rings (SSSR count). The maximum absolute atomic E-state index is 11.7. The number of nitrogens with zero attached hydrogens (tertiary/aromatic N) is 1. The first-order chi connectivity index (χ1) is 8.50. The number of carbonyl (C=O) groups is 3. The molecule has 0 unspecified atom stereocenters. The van der Waals surface area contributed by atoms with Crippen molar-refractivity contribution in [1.82, 2.24) is 0 Å². The average molecular weight is 268 g/mol. The van der Waals surface area contributed by atoms with E-state index < -0.39 is 5.97 Å². The molecule has 1 fully saturated rings. The van der Waals surface area contributed by atoms with E-state index in [0.717, 1.165) is 4.90 Å². The van der Waals surface area contributed by atoms with Crippen molar-refractivity contribution in [3.05, 3.63) is 28.8 Å². The molecule has 1 aromatic rings. The van der Waals surface area contributed by atoms with E-state index in [1.807, 2.05) is 0 Å². The second-order valence-electron chi connectivity index (χ2n) is 3.95. The second-order valence-corrected chi connectivity index (χ2v) is 4.35. The molecule has 1 aliphatic heterocycles. The van der Waals surface area contributed by atoms with Crippen LogP contribution in [0.4, 0.5) is 5.69 Å². The van der Waals surface area contributed by atoms with E-state index >= 15 is 0 Å². The first-order valence-electron chi connectivity index (χ1n) is 5.39. The highest BCUT2D eigenvalue weighted by molar-refractivity contribution is 6.33. The topological polar surface area (TPSA) is 74.7 Å². The van der Waals surface area contributed by atoms with Crippen molar-refractivity contribution in [2.24, 2.45) is 0 Å². The molecule has 1 heterocycles. The highest BCUT2D eigenvalue weighted by Gasteiger charge is 2.28. The summed E-state index contributed by atoms with van der Waals surface area (Å²) in [7, 11) is 0. The first kappa shape index (κ1) is 12.6. The fourth-order valence-corrected chi connectivity index (χ4v) is 2.06. The Morgan fingerprint density at radius 1 is 1.22 bits per heavy atom. The quantitative estimate of drug-likeness (QED) is 0.833. The number of aromatic carboxylic acids is 1. The number of carboxylic acid groups (broad SMARTS) is 1. The average Bonchev–Trinajstić information content (AvgIpc) is 2.30. The predicted octanol–water partition coefficient (Wildman–Crippen LogP) is 2.08. The largest absolute Gasteiger partial charge is 0.478 e. The van der Waals surface area contributed by atoms with E-state index in [-0.39, 0.29) is 40.9 Å². The van der Waals surface area contributed by atoms with Crippen molar-refractivity contribution in [2.75, 3.05) is 4.90 Å². The number of anilines is 1. The molecule has 0 saturated carbocycles. The van der Waals surface area contributed by atoms with Crippen LogP contribution in [0.15, 0.2) is 18.2 Å². The zero-order valence-corrected chi connectivity index (χ0v) is 10.1. The van der Waals surface area contributed by atoms with E-state index in [9.17, 15) is 14.4 Å². The summed E-state index contributed by atoms with van der Waals surface area (Å²) in [5.74, 6) is -1.83. The molecular weight excluding hydrogens is 258 g/mol. The minimum Gasteiger partial charge on any atom is -0.478 e. The molecule has 1 aliphatic rings. The first-order valence-corrected chi connectivity index (χ1v) is 5.77. The fourth-order valence-electron chi connectivity index (χ4n) is 1.86. The predicted molar refractivity (Wildman–Crippen MR) is 64.8 cm³/mol. The molecule has 0 radical (unpaired) electrons. The number of rotatable bonds is 2. The number of carbonyl (C=O) groups excluding carboxylic acids is 2. The highest BCUT2D eigenvalue weighted by atomic mass is 35.5. The van der Waals surface area contributed by atoms with E-state index in [4.69, 9.17) is 16.7 Å². The number of amides is 2. The lowest BCUT2D eigenvalue weighted by atomic mass is 10.1. The molecule has 6 heteroatoms. The summed E-state index contributed by atoms with van der Waals surface area (Å²) in [5, 5.41) is 9.02. The normalized spacial score (nSPS) is 15.9. The molecule has 1 N–H and O–H groups in total. The molecule has 1 saturated heterocycles. The van der Waals surface area contributed by atoms with Gasteiger partial charge in [0.1, 0.15) is 0 Å². The lowest BCUT2D eigenvalue weighted by Gasteiger charge is -2.25. The van der Waals surface area contributed by atoms with Crippen molar-refractivity contribution in [3.8, 4) is 0 Å². The van der Waals surface area contributed by atoms with Gasteiger partial charge in [-0.05, 0) is 24.6 Å². The van der Waals surface area contributed by atoms with Crippen molar-refractivity contribution < 1.29 is 19.5 Å². The van der Waals surface area contributed by atoms with Crippen LogP contribution in [0.25, 0.3) is 0 Å². The highest BCUT2D eigenvalue weighted by Crippen LogP contribution is 2.26. The van der Waals surface area contributed by atoms with Gasteiger partial charge in [-0.2, -0.15) is 0 Å². The van der Waals surface area contributed by atoms with Gasteiger partial charge in [0.2, 0.25) is 11.8 Å². The minimum absolute atomic E-state index is 0.0724. The molecule has 0 bridgehead atoms. The minimum atomic E-state index is -1.20. The third-order valence-corrected chi connectivity index (χ3v) is 3.05. The van der Waals surface area contributed by atoms with E-state index in [0.29, 0.717) is 6.42 Å². The van der Waals surface area contributed by atoms with E-state index in [1.165, 1.54) is 18.2 Å². The lowest BCUT2D eigenvalue weighted by molar-refractivity contribution is -0.129. The van der Waals surface area contributed by atoms with Crippen LogP contribution in [0, 0.1) is 0 Å². The van der Waals surface area contributed by atoms with Gasteiger partial charge in [-0.15, -0.1) is 0 Å². The SMILES string of the molecule is O=C(O)c1cc(N2C(=O)CCCC2=O)ccc1Cl. The van der Waals surface area contributed by atoms with Crippen molar-refractivity contribution in [3.63, 3.8) is 0 Å². The Morgan fingerprint density at radius 3 is 2.39 bits per heavy atom. The van der Waals surface area contributed by atoms with Gasteiger partial charge in [0, 0.05) is 12.8 Å². The molecule has 0 atom stereocenters. The third kappa shape index (κ3) is 2.22. The molecule has 1 aromatic carbocycles. The van der Waals surface area contributed by atoms with Gasteiger partial charge in [-0.25, -0.2) is 4.79 Å². The van der Waals surface area contributed by atoms with E-state index in [1.54, 1.807) is 0 Å². The van der Waals surface area contributed by atoms with Crippen LogP contribution in [-0.4, -0.2) is 22.9 Å². The van der Waals surface area contributed by atoms with E-state index in [2.05, 4.69) is 0 Å². The molecular formula is C12H10ClNO4. The van der Waals surface area contributed by atoms with Crippen molar-refractivity contribution >= 4 is 35.1 Å². The third-order valence-electron chi connectivity index (χ3n) is 2.72. The van der Waals surface area contributed by atoms with Crippen LogP contribution in [0.3, 0.4) is 0 Å². The van der Waals surface area contributed by atoms with Crippen molar-refractivity contribution in [2.45, 2.75) is 19.3 Å². The zero-order chi connectivity index (χ0) is 13.3. The molecule has 5 nitrogen and oxygen atoms in total. The Morgan fingerprint density at radius 2 is 1.83 bits per heavy atom. The second kappa shape index (κ2) is 4.78.